The summed E-state index contributed by atoms with van der Waals surface area (Å²) in [7, 11) is 3.66. The molecule has 0 aliphatic rings. The van der Waals surface area contributed by atoms with Gasteiger partial charge >= 0.3 is 0 Å². The van der Waals surface area contributed by atoms with Crippen LogP contribution >= 0.6 is 24.2 Å². The van der Waals surface area contributed by atoms with E-state index in [0.717, 1.165) is 5.88 Å². The molecular formula is C4H11N3S2. The van der Waals surface area contributed by atoms with Crippen molar-refractivity contribution < 1.29 is 0 Å². The number of thiocarbonyl (C=S) groups is 1. The molecule has 0 atom stereocenters. The predicted molar refractivity (Wildman–Crippen MR) is 46.3 cm³/mol. The van der Waals surface area contributed by atoms with Gasteiger partial charge in [-0.1, -0.05) is 11.9 Å². The molecule has 54 valence electrons. The Kier molecular flexibility index (Phi) is 6.12. The van der Waals surface area contributed by atoms with E-state index in [1.165, 1.54) is 0 Å². The van der Waals surface area contributed by atoms with Gasteiger partial charge in [-0.15, -0.1) is 0 Å². The fourth-order valence-electron chi connectivity index (χ4n) is 0.262. The number of hydrogen-bond acceptors (Lipinski definition) is 3. The second-order valence-corrected chi connectivity index (χ2v) is 2.64. The minimum absolute atomic E-state index is 0.678. The lowest BCUT2D eigenvalue weighted by Crippen LogP contribution is -2.32. The molecule has 0 bridgehead atoms. The van der Waals surface area contributed by atoms with Gasteiger partial charge in [0, 0.05) is 7.05 Å². The lowest BCUT2D eigenvalue weighted by atomic mass is 11.0. The molecule has 0 spiro atoms. The zero-order valence-corrected chi connectivity index (χ0v) is 7.16. The SMILES string of the molecule is CNSCNC(=S)NC. The molecule has 0 aliphatic carbocycles. The summed E-state index contributed by atoms with van der Waals surface area (Å²) < 4.78 is 2.91. The Morgan fingerprint density at radius 2 is 2.22 bits per heavy atom. The molecule has 3 N–H and O–H groups in total. The van der Waals surface area contributed by atoms with Crippen molar-refractivity contribution in [1.82, 2.24) is 15.4 Å². The van der Waals surface area contributed by atoms with Crippen LogP contribution in [-0.2, 0) is 0 Å². The van der Waals surface area contributed by atoms with Crippen molar-refractivity contribution in [3.8, 4) is 0 Å². The summed E-state index contributed by atoms with van der Waals surface area (Å²) in [6, 6.07) is 0. The molecule has 5 heteroatoms. The van der Waals surface area contributed by atoms with Gasteiger partial charge in [-0.3, -0.25) is 4.72 Å². The molecule has 0 aromatic carbocycles. The van der Waals surface area contributed by atoms with Gasteiger partial charge in [-0.2, -0.15) is 0 Å². The van der Waals surface area contributed by atoms with Crippen LogP contribution in [0.3, 0.4) is 0 Å². The number of rotatable bonds is 3. The summed E-state index contributed by atoms with van der Waals surface area (Å²) in [4.78, 5) is 0. The molecule has 0 amide bonds. The maximum atomic E-state index is 4.81. The Bertz CT molecular complexity index is 85.9. The van der Waals surface area contributed by atoms with Crippen LogP contribution in [-0.4, -0.2) is 25.1 Å². The molecule has 9 heavy (non-hydrogen) atoms. The summed E-state index contributed by atoms with van der Waals surface area (Å²) in [5.41, 5.74) is 0. The van der Waals surface area contributed by atoms with Crippen LogP contribution in [0.4, 0.5) is 0 Å². The van der Waals surface area contributed by atoms with Crippen LogP contribution in [0, 0.1) is 0 Å². The Balaban J connectivity index is 2.97. The molecule has 0 unspecified atom stereocenters. The first-order chi connectivity index (χ1) is 4.31. The van der Waals surface area contributed by atoms with E-state index in [1.807, 2.05) is 7.05 Å². The van der Waals surface area contributed by atoms with Crippen molar-refractivity contribution in [3.05, 3.63) is 0 Å². The molecule has 0 aromatic heterocycles. The van der Waals surface area contributed by atoms with Gasteiger partial charge in [0.1, 0.15) is 0 Å². The van der Waals surface area contributed by atoms with Crippen molar-refractivity contribution in [1.29, 1.82) is 0 Å². The smallest absolute Gasteiger partial charge is 0.166 e. The highest BCUT2D eigenvalue weighted by Crippen LogP contribution is 1.83. The van der Waals surface area contributed by atoms with E-state index < -0.39 is 0 Å². The minimum atomic E-state index is 0.678. The van der Waals surface area contributed by atoms with Gasteiger partial charge in [0.15, 0.2) is 5.11 Å². The van der Waals surface area contributed by atoms with Gasteiger partial charge in [0.2, 0.25) is 0 Å². The highest BCUT2D eigenvalue weighted by atomic mass is 32.2. The van der Waals surface area contributed by atoms with Crippen molar-refractivity contribution in [2.24, 2.45) is 0 Å². The molecule has 0 saturated heterocycles. The lowest BCUT2D eigenvalue weighted by molar-refractivity contribution is 1.03. The maximum absolute atomic E-state index is 4.81. The highest BCUT2D eigenvalue weighted by Gasteiger charge is 1.86. The van der Waals surface area contributed by atoms with E-state index in [4.69, 9.17) is 12.2 Å². The Hall–Kier alpha value is -0.0000000000000000278. The van der Waals surface area contributed by atoms with Gasteiger partial charge < -0.3 is 10.6 Å². The van der Waals surface area contributed by atoms with Gasteiger partial charge in [0.05, 0.1) is 5.88 Å². The second-order valence-electron chi connectivity index (χ2n) is 1.25. The molecule has 0 fully saturated rings. The fourth-order valence-corrected chi connectivity index (χ4v) is 0.787. The summed E-state index contributed by atoms with van der Waals surface area (Å²) in [6.07, 6.45) is 0. The van der Waals surface area contributed by atoms with Crippen molar-refractivity contribution >= 4 is 29.3 Å². The minimum Gasteiger partial charge on any atom is -0.366 e. The van der Waals surface area contributed by atoms with Crippen LogP contribution in [0.2, 0.25) is 0 Å². The first-order valence-corrected chi connectivity index (χ1v) is 3.94. The van der Waals surface area contributed by atoms with Crippen LogP contribution < -0.4 is 15.4 Å². The maximum Gasteiger partial charge on any atom is 0.166 e. The van der Waals surface area contributed by atoms with Crippen LogP contribution in [0.1, 0.15) is 0 Å². The topological polar surface area (TPSA) is 36.1 Å². The third kappa shape index (κ3) is 5.88. The van der Waals surface area contributed by atoms with Crippen molar-refractivity contribution in [2.75, 3.05) is 20.0 Å². The normalized spacial score (nSPS) is 8.67. The largest absolute Gasteiger partial charge is 0.366 e. The van der Waals surface area contributed by atoms with E-state index in [1.54, 1.807) is 19.0 Å². The monoisotopic (exact) mass is 165 g/mol. The Labute approximate surface area is 65.1 Å². The molecule has 3 nitrogen and oxygen atoms in total. The molecule has 0 aliphatic heterocycles. The molecule has 0 rings (SSSR count). The highest BCUT2D eigenvalue weighted by molar-refractivity contribution is 7.97. The first kappa shape index (κ1) is 9.00. The predicted octanol–water partition coefficient (Wildman–Crippen LogP) is -0.0946. The summed E-state index contributed by atoms with van der Waals surface area (Å²) in [6.45, 7) is 0. The average Bonchev–Trinajstić information content (AvgIpc) is 1.89. The Morgan fingerprint density at radius 1 is 1.56 bits per heavy atom. The van der Waals surface area contributed by atoms with E-state index in [9.17, 15) is 0 Å². The Morgan fingerprint density at radius 3 is 2.67 bits per heavy atom. The van der Waals surface area contributed by atoms with Crippen LogP contribution in [0.5, 0.6) is 0 Å². The van der Waals surface area contributed by atoms with Crippen LogP contribution in [0.15, 0.2) is 0 Å². The van der Waals surface area contributed by atoms with Gasteiger partial charge in [0.25, 0.3) is 0 Å². The van der Waals surface area contributed by atoms with E-state index in [0.29, 0.717) is 5.11 Å². The quantitative estimate of drug-likeness (QED) is 0.236. The average molecular weight is 165 g/mol. The molecule has 0 radical (unpaired) electrons. The third-order valence-corrected chi connectivity index (χ3v) is 1.60. The molecule has 0 aromatic rings. The molecule has 0 heterocycles. The van der Waals surface area contributed by atoms with E-state index in [-0.39, 0.29) is 0 Å². The van der Waals surface area contributed by atoms with Gasteiger partial charge in [-0.05, 0) is 19.3 Å². The standard InChI is InChI=1S/C4H11N3S2/c1-5-4(8)7-3-9-6-2/h6H,3H2,1-2H3,(H2,5,7,8). The van der Waals surface area contributed by atoms with Crippen molar-refractivity contribution in [3.63, 3.8) is 0 Å². The number of hydrogen-bond donors (Lipinski definition) is 3. The zero-order valence-electron chi connectivity index (χ0n) is 5.52. The fraction of sp³-hybridized carbons (Fsp3) is 0.750. The lowest BCUT2D eigenvalue weighted by Gasteiger charge is -2.04. The third-order valence-electron chi connectivity index (χ3n) is 0.676. The van der Waals surface area contributed by atoms with Gasteiger partial charge in [-0.25, -0.2) is 0 Å². The zero-order chi connectivity index (χ0) is 7.11. The van der Waals surface area contributed by atoms with Crippen molar-refractivity contribution in [2.45, 2.75) is 0 Å². The first-order valence-electron chi connectivity index (χ1n) is 2.55. The van der Waals surface area contributed by atoms with Crippen LogP contribution in [0.25, 0.3) is 0 Å². The number of nitrogens with one attached hydrogen (secondary N) is 3. The van der Waals surface area contributed by atoms with E-state index >= 15 is 0 Å². The summed E-state index contributed by atoms with van der Waals surface area (Å²) in [5, 5.41) is 6.44. The summed E-state index contributed by atoms with van der Waals surface area (Å²) in [5.74, 6) is 0.788. The van der Waals surface area contributed by atoms with E-state index in [2.05, 4.69) is 15.4 Å². The second kappa shape index (κ2) is 6.12. The molecular weight excluding hydrogens is 154 g/mol. The molecule has 0 saturated carbocycles. The summed E-state index contributed by atoms with van der Waals surface area (Å²) >= 11 is 6.37.